The van der Waals surface area contributed by atoms with E-state index in [2.05, 4.69) is 20.8 Å². The fraction of sp³-hybridized carbons (Fsp3) is 0.962. The first-order chi connectivity index (χ1) is 14.1. The van der Waals surface area contributed by atoms with E-state index in [1.54, 1.807) is 0 Å². The number of ether oxygens (including phenoxy) is 1. The minimum Gasteiger partial charge on any atom is -0.469 e. The zero-order chi connectivity index (χ0) is 21.8. The summed E-state index contributed by atoms with van der Waals surface area (Å²) in [7, 11) is 1.49. The lowest BCUT2D eigenvalue weighted by atomic mass is 9.43. The molecule has 4 fully saturated rings. The molecule has 0 bridgehead atoms. The van der Waals surface area contributed by atoms with Crippen molar-refractivity contribution in [3.05, 3.63) is 0 Å². The third-order valence-electron chi connectivity index (χ3n) is 10.7. The van der Waals surface area contributed by atoms with Gasteiger partial charge in [-0.15, -0.1) is 0 Å². The van der Waals surface area contributed by atoms with E-state index in [1.165, 1.54) is 32.8 Å². The van der Waals surface area contributed by atoms with Gasteiger partial charge in [-0.05, 0) is 104 Å². The molecule has 4 aliphatic carbocycles. The van der Waals surface area contributed by atoms with E-state index in [1.807, 2.05) is 6.92 Å². The quantitative estimate of drug-likeness (QED) is 0.640. The molecule has 4 heteroatoms. The highest BCUT2D eigenvalue weighted by Gasteiger charge is 2.62. The molecule has 11 atom stereocenters. The summed E-state index contributed by atoms with van der Waals surface area (Å²) < 4.78 is 4.97. The molecular weight excluding hydrogens is 376 g/mol. The number of carbonyl (C=O) groups excluding carboxylic acids is 1. The van der Waals surface area contributed by atoms with E-state index in [4.69, 9.17) is 4.74 Å². The van der Waals surface area contributed by atoms with Crippen LogP contribution in [-0.2, 0) is 9.53 Å². The molecule has 0 saturated heterocycles. The van der Waals surface area contributed by atoms with Gasteiger partial charge in [-0.1, -0.05) is 27.7 Å². The molecule has 4 nitrogen and oxygen atoms in total. The van der Waals surface area contributed by atoms with Crippen molar-refractivity contribution in [2.45, 2.75) is 97.7 Å². The predicted octanol–water partition coefficient (Wildman–Crippen LogP) is 4.81. The molecule has 0 aromatic rings. The van der Waals surface area contributed by atoms with E-state index < -0.39 is 0 Å². The van der Waals surface area contributed by atoms with Gasteiger partial charge in [0.05, 0.1) is 25.2 Å². The highest BCUT2D eigenvalue weighted by molar-refractivity contribution is 5.71. The van der Waals surface area contributed by atoms with Gasteiger partial charge in [0.15, 0.2) is 0 Å². The third-order valence-corrected chi connectivity index (χ3v) is 10.7. The van der Waals surface area contributed by atoms with Crippen LogP contribution in [0.4, 0.5) is 0 Å². The molecule has 0 aromatic heterocycles. The minimum atomic E-state index is -0.217. The maximum atomic E-state index is 12.0. The second-order valence-corrected chi connectivity index (χ2v) is 12.1. The summed E-state index contributed by atoms with van der Waals surface area (Å²) in [5.74, 6) is 3.07. The number of carbonyl (C=O) groups is 1. The zero-order valence-electron chi connectivity index (χ0n) is 19.8. The van der Waals surface area contributed by atoms with Crippen LogP contribution in [0.2, 0.25) is 0 Å². The number of hydrogen-bond donors (Lipinski definition) is 2. The van der Waals surface area contributed by atoms with E-state index in [9.17, 15) is 15.0 Å². The number of aliphatic hydroxyl groups excluding tert-OH is 2. The molecule has 2 N–H and O–H groups in total. The molecule has 0 spiro atoms. The standard InChI is InChI=1S/C26H44O4/c1-15(12-16(2)24(29)30-5)19-6-7-20-23-21(9-11-26(19,20)4)25(3)10-8-18(27)13-17(25)14-22(23)28/h15-23,27-28H,6-14H2,1-5H3/t15-,16+,17+,18-,19?,20?,21?,22-,23?,25+,26-/m1/s1. The fourth-order valence-corrected chi connectivity index (χ4v) is 9.19. The van der Waals surface area contributed by atoms with Crippen LogP contribution in [-0.4, -0.2) is 35.5 Å². The summed E-state index contributed by atoms with van der Waals surface area (Å²) in [6.07, 6.45) is 9.22. The van der Waals surface area contributed by atoms with E-state index in [-0.39, 0.29) is 34.9 Å². The molecule has 0 heterocycles. The Morgan fingerprint density at radius 1 is 1.00 bits per heavy atom. The van der Waals surface area contributed by atoms with Crippen molar-refractivity contribution >= 4 is 5.97 Å². The van der Waals surface area contributed by atoms with Crippen LogP contribution in [0.3, 0.4) is 0 Å². The maximum absolute atomic E-state index is 12.0. The van der Waals surface area contributed by atoms with Crippen molar-refractivity contribution in [1.82, 2.24) is 0 Å². The van der Waals surface area contributed by atoms with Crippen molar-refractivity contribution in [2.75, 3.05) is 7.11 Å². The number of rotatable bonds is 4. The van der Waals surface area contributed by atoms with Gasteiger partial charge in [0, 0.05) is 0 Å². The Kier molecular flexibility index (Phi) is 6.07. The zero-order valence-corrected chi connectivity index (χ0v) is 19.8. The van der Waals surface area contributed by atoms with Crippen molar-refractivity contribution in [2.24, 2.45) is 52.3 Å². The van der Waals surface area contributed by atoms with Crippen LogP contribution in [0.5, 0.6) is 0 Å². The minimum absolute atomic E-state index is 0.0439. The first kappa shape index (κ1) is 22.6. The molecule has 0 aliphatic heterocycles. The first-order valence-electron chi connectivity index (χ1n) is 12.6. The number of fused-ring (bicyclic) bond motifs is 5. The van der Waals surface area contributed by atoms with Gasteiger partial charge < -0.3 is 14.9 Å². The van der Waals surface area contributed by atoms with Gasteiger partial charge in [0.2, 0.25) is 0 Å². The molecule has 4 rings (SSSR count). The van der Waals surface area contributed by atoms with Crippen LogP contribution in [0.15, 0.2) is 0 Å². The van der Waals surface area contributed by atoms with Gasteiger partial charge in [-0.25, -0.2) is 0 Å². The molecule has 0 amide bonds. The van der Waals surface area contributed by atoms with Crippen molar-refractivity contribution < 1.29 is 19.7 Å². The van der Waals surface area contributed by atoms with Crippen LogP contribution in [0.25, 0.3) is 0 Å². The van der Waals surface area contributed by atoms with Crippen LogP contribution in [0.1, 0.15) is 85.5 Å². The Morgan fingerprint density at radius 2 is 1.67 bits per heavy atom. The Hall–Kier alpha value is -0.610. The third kappa shape index (κ3) is 3.45. The Balaban J connectivity index is 1.53. The normalized spacial score (nSPS) is 50.0. The summed E-state index contributed by atoms with van der Waals surface area (Å²) in [4.78, 5) is 12.0. The van der Waals surface area contributed by atoms with Crippen molar-refractivity contribution in [3.63, 3.8) is 0 Å². The molecule has 0 aromatic carbocycles. The van der Waals surface area contributed by atoms with Gasteiger partial charge in [0.1, 0.15) is 0 Å². The first-order valence-corrected chi connectivity index (χ1v) is 12.6. The van der Waals surface area contributed by atoms with Gasteiger partial charge in [0.25, 0.3) is 0 Å². The van der Waals surface area contributed by atoms with Crippen molar-refractivity contribution in [3.8, 4) is 0 Å². The predicted molar refractivity (Wildman–Crippen MR) is 118 cm³/mol. The van der Waals surface area contributed by atoms with E-state index in [0.717, 1.165) is 32.1 Å². The molecular formula is C26H44O4. The molecule has 0 radical (unpaired) electrons. The monoisotopic (exact) mass is 420 g/mol. The van der Waals surface area contributed by atoms with Gasteiger partial charge >= 0.3 is 5.97 Å². The summed E-state index contributed by atoms with van der Waals surface area (Å²) in [5, 5.41) is 21.6. The van der Waals surface area contributed by atoms with Crippen LogP contribution >= 0.6 is 0 Å². The van der Waals surface area contributed by atoms with E-state index >= 15 is 0 Å². The van der Waals surface area contributed by atoms with Gasteiger partial charge in [-0.3, -0.25) is 4.79 Å². The number of esters is 1. The summed E-state index contributed by atoms with van der Waals surface area (Å²) in [5.41, 5.74) is 0.558. The number of methoxy groups -OCH3 is 1. The second-order valence-electron chi connectivity index (χ2n) is 12.1. The molecule has 4 saturated carbocycles. The Bertz CT molecular complexity index is 649. The van der Waals surface area contributed by atoms with Crippen LogP contribution < -0.4 is 0 Å². The largest absolute Gasteiger partial charge is 0.469 e. The topological polar surface area (TPSA) is 66.8 Å². The average Bonchev–Trinajstić information content (AvgIpc) is 3.05. The number of aliphatic hydroxyl groups is 2. The van der Waals surface area contributed by atoms with Crippen LogP contribution in [0, 0.1) is 52.3 Å². The lowest BCUT2D eigenvalue weighted by Gasteiger charge is -2.62. The smallest absolute Gasteiger partial charge is 0.308 e. The number of hydrogen-bond acceptors (Lipinski definition) is 4. The molecule has 4 unspecified atom stereocenters. The lowest BCUT2D eigenvalue weighted by Crippen LogP contribution is -2.58. The molecule has 30 heavy (non-hydrogen) atoms. The summed E-state index contributed by atoms with van der Waals surface area (Å²) in [6.45, 7) is 9.30. The maximum Gasteiger partial charge on any atom is 0.308 e. The lowest BCUT2D eigenvalue weighted by molar-refractivity contribution is -0.174. The molecule has 4 aliphatic rings. The van der Waals surface area contributed by atoms with E-state index in [0.29, 0.717) is 35.5 Å². The fourth-order valence-electron chi connectivity index (χ4n) is 9.19. The highest BCUT2D eigenvalue weighted by Crippen LogP contribution is 2.68. The molecule has 172 valence electrons. The average molecular weight is 421 g/mol. The second kappa shape index (κ2) is 8.06. The Labute approximate surface area is 183 Å². The van der Waals surface area contributed by atoms with Crippen molar-refractivity contribution in [1.29, 1.82) is 0 Å². The Morgan fingerprint density at radius 3 is 2.37 bits per heavy atom. The highest BCUT2D eigenvalue weighted by atomic mass is 16.5. The van der Waals surface area contributed by atoms with Gasteiger partial charge in [-0.2, -0.15) is 0 Å². The SMILES string of the molecule is COC(=O)[C@@H](C)C[C@@H](C)C1CCC2C3C(CC[C@@]21C)[C@@]1(C)CC[C@@H](O)C[C@H]1C[C@H]3O. The summed E-state index contributed by atoms with van der Waals surface area (Å²) >= 11 is 0. The summed E-state index contributed by atoms with van der Waals surface area (Å²) in [6, 6.07) is 0.